The van der Waals surface area contributed by atoms with E-state index in [1.807, 2.05) is 54.6 Å². The van der Waals surface area contributed by atoms with Crippen LogP contribution in [0.25, 0.3) is 0 Å². The van der Waals surface area contributed by atoms with E-state index in [2.05, 4.69) is 4.90 Å². The Hall–Kier alpha value is -3.19. The maximum Gasteiger partial charge on any atom is 0.257 e. The van der Waals surface area contributed by atoms with E-state index in [1.165, 1.54) is 0 Å². The van der Waals surface area contributed by atoms with Crippen LogP contribution in [-0.2, 0) is 9.59 Å². The van der Waals surface area contributed by atoms with Crippen LogP contribution < -0.4 is 10.5 Å². The first-order chi connectivity index (χ1) is 15.0. The maximum absolute atomic E-state index is 13.3. The zero-order chi connectivity index (χ0) is 21.8. The number of hydrazone groups is 1. The Morgan fingerprint density at radius 1 is 1.06 bits per heavy atom. The monoisotopic (exact) mass is 420 g/mol. The van der Waals surface area contributed by atoms with Gasteiger partial charge in [-0.25, -0.2) is 5.01 Å². The Balaban J connectivity index is 1.52. The van der Waals surface area contributed by atoms with Crippen molar-refractivity contribution in [3.05, 3.63) is 65.7 Å². The van der Waals surface area contributed by atoms with Gasteiger partial charge in [-0.3, -0.25) is 14.5 Å². The first kappa shape index (κ1) is 21.1. The number of hydrogen-bond acceptors (Lipinski definition) is 5. The van der Waals surface area contributed by atoms with Gasteiger partial charge in [0.15, 0.2) is 0 Å². The molecule has 7 heteroatoms. The van der Waals surface area contributed by atoms with Crippen molar-refractivity contribution in [1.29, 1.82) is 0 Å². The fourth-order valence-corrected chi connectivity index (χ4v) is 4.27. The second-order valence-electron chi connectivity index (χ2n) is 8.10. The van der Waals surface area contributed by atoms with E-state index in [0.29, 0.717) is 32.4 Å². The van der Waals surface area contributed by atoms with E-state index in [4.69, 9.17) is 15.6 Å². The van der Waals surface area contributed by atoms with Gasteiger partial charge in [-0.2, -0.15) is 5.10 Å². The number of rotatable bonds is 6. The molecule has 4 rings (SSSR count). The number of piperidine rings is 1. The molecule has 1 atom stereocenters. The number of carbonyl (C=O) groups excluding carboxylic acids is 2. The fourth-order valence-electron chi connectivity index (χ4n) is 4.27. The second-order valence-corrected chi connectivity index (χ2v) is 8.10. The molecule has 0 unspecified atom stereocenters. The molecule has 2 aliphatic heterocycles. The van der Waals surface area contributed by atoms with Crippen molar-refractivity contribution in [3.8, 4) is 5.75 Å². The zero-order valence-electron chi connectivity index (χ0n) is 17.7. The molecule has 31 heavy (non-hydrogen) atoms. The molecule has 2 N–H and O–H groups in total. The predicted octanol–water partition coefficient (Wildman–Crippen LogP) is 2.57. The fraction of sp³-hybridized carbons (Fsp3) is 0.375. The molecule has 2 aliphatic rings. The van der Waals surface area contributed by atoms with Crippen LogP contribution >= 0.6 is 0 Å². The summed E-state index contributed by atoms with van der Waals surface area (Å²) in [6.07, 6.45) is 2.05. The second kappa shape index (κ2) is 9.31. The number of nitrogens with two attached hydrogens (primary N) is 1. The Labute approximate surface area is 182 Å². The van der Waals surface area contributed by atoms with Crippen molar-refractivity contribution >= 4 is 17.5 Å². The highest BCUT2D eigenvalue weighted by Crippen LogP contribution is 2.34. The summed E-state index contributed by atoms with van der Waals surface area (Å²) in [4.78, 5) is 26.8. The third-order valence-corrected chi connectivity index (χ3v) is 6.12. The van der Waals surface area contributed by atoms with Gasteiger partial charge >= 0.3 is 0 Å². The van der Waals surface area contributed by atoms with E-state index < -0.39 is 0 Å². The quantitative estimate of drug-likeness (QED) is 0.778. The lowest BCUT2D eigenvalue weighted by atomic mass is 9.96. The Kier molecular flexibility index (Phi) is 6.32. The molecule has 0 bridgehead atoms. The summed E-state index contributed by atoms with van der Waals surface area (Å²) in [7, 11) is 1.64. The van der Waals surface area contributed by atoms with Gasteiger partial charge in [0.2, 0.25) is 5.91 Å². The topological polar surface area (TPSA) is 88.2 Å². The highest BCUT2D eigenvalue weighted by atomic mass is 16.5. The van der Waals surface area contributed by atoms with Crippen molar-refractivity contribution in [1.82, 2.24) is 9.91 Å². The zero-order valence-corrected chi connectivity index (χ0v) is 17.7. The molecule has 7 nitrogen and oxygen atoms in total. The number of likely N-dealkylation sites (tertiary alicyclic amines) is 1. The van der Waals surface area contributed by atoms with Crippen molar-refractivity contribution in [2.24, 2.45) is 16.8 Å². The molecule has 1 saturated heterocycles. The van der Waals surface area contributed by atoms with Gasteiger partial charge in [0.1, 0.15) is 5.75 Å². The van der Waals surface area contributed by atoms with Crippen LogP contribution in [-0.4, -0.2) is 54.2 Å². The number of methoxy groups -OCH3 is 1. The summed E-state index contributed by atoms with van der Waals surface area (Å²) in [6.45, 7) is 1.66. The number of ether oxygens (including phenoxy) is 1. The Bertz CT molecular complexity index is 951. The van der Waals surface area contributed by atoms with Gasteiger partial charge in [-0.05, 0) is 49.2 Å². The molecular formula is C24H28N4O3. The Morgan fingerprint density at radius 3 is 2.35 bits per heavy atom. The molecule has 162 valence electrons. The molecule has 2 aromatic rings. The average molecular weight is 421 g/mol. The summed E-state index contributed by atoms with van der Waals surface area (Å²) in [6, 6.07) is 17.6. The van der Waals surface area contributed by atoms with E-state index in [1.54, 1.807) is 12.1 Å². The highest BCUT2D eigenvalue weighted by Gasteiger charge is 2.34. The maximum atomic E-state index is 13.3. The van der Waals surface area contributed by atoms with Crippen molar-refractivity contribution in [2.45, 2.75) is 25.3 Å². The van der Waals surface area contributed by atoms with Crippen molar-refractivity contribution < 1.29 is 14.3 Å². The van der Waals surface area contributed by atoms with E-state index >= 15 is 0 Å². The molecular weight excluding hydrogens is 392 g/mol. The van der Waals surface area contributed by atoms with E-state index in [0.717, 1.165) is 22.6 Å². The van der Waals surface area contributed by atoms with Gasteiger partial charge in [-0.1, -0.05) is 42.5 Å². The lowest BCUT2D eigenvalue weighted by Crippen LogP contribution is -2.43. The molecule has 0 radical (unpaired) electrons. The number of nitrogens with zero attached hydrogens (tertiary/aromatic N) is 3. The van der Waals surface area contributed by atoms with Crippen molar-refractivity contribution in [2.75, 3.05) is 26.7 Å². The third kappa shape index (κ3) is 4.77. The summed E-state index contributed by atoms with van der Waals surface area (Å²) in [5.74, 6) is 0.403. The molecule has 2 heterocycles. The van der Waals surface area contributed by atoms with Gasteiger partial charge in [0.25, 0.3) is 5.91 Å². The van der Waals surface area contributed by atoms with Gasteiger partial charge in [0, 0.05) is 12.3 Å². The van der Waals surface area contributed by atoms with E-state index in [9.17, 15) is 9.59 Å². The standard InChI is InChI=1S/C24H28N4O3/c1-31-20-9-7-18(8-10-20)22-15-21(17-5-3-2-4-6-17)26-28(22)23(29)16-27-13-11-19(12-14-27)24(25)30/h2-10,19,22H,11-16H2,1H3,(H2,25,30)/t22-/m0/s1. The summed E-state index contributed by atoms with van der Waals surface area (Å²) < 4.78 is 5.27. The van der Waals surface area contributed by atoms with Crippen LogP contribution in [0.4, 0.5) is 0 Å². The first-order valence-corrected chi connectivity index (χ1v) is 10.7. The highest BCUT2D eigenvalue weighted by molar-refractivity contribution is 6.03. The predicted molar refractivity (Wildman–Crippen MR) is 119 cm³/mol. The van der Waals surface area contributed by atoms with Crippen LogP contribution in [0.5, 0.6) is 5.75 Å². The molecule has 0 aromatic heterocycles. The summed E-state index contributed by atoms with van der Waals surface area (Å²) >= 11 is 0. The number of amides is 2. The van der Waals surface area contributed by atoms with Gasteiger partial charge in [-0.15, -0.1) is 0 Å². The minimum absolute atomic E-state index is 0.0377. The summed E-state index contributed by atoms with van der Waals surface area (Å²) in [5.41, 5.74) is 8.38. The van der Waals surface area contributed by atoms with Crippen molar-refractivity contribution in [3.63, 3.8) is 0 Å². The molecule has 2 aromatic carbocycles. The van der Waals surface area contributed by atoms with E-state index in [-0.39, 0.29) is 30.3 Å². The molecule has 0 saturated carbocycles. The minimum atomic E-state index is -0.248. The smallest absolute Gasteiger partial charge is 0.257 e. The van der Waals surface area contributed by atoms with Crippen LogP contribution in [0.2, 0.25) is 0 Å². The molecule has 2 amide bonds. The van der Waals surface area contributed by atoms with Gasteiger partial charge < -0.3 is 10.5 Å². The Morgan fingerprint density at radius 2 is 1.74 bits per heavy atom. The van der Waals surface area contributed by atoms with Crippen LogP contribution in [0.15, 0.2) is 59.7 Å². The molecule has 0 spiro atoms. The lowest BCUT2D eigenvalue weighted by molar-refractivity contribution is -0.134. The SMILES string of the molecule is COc1ccc([C@@H]2CC(c3ccccc3)=NN2C(=O)CN2CCC(C(N)=O)CC2)cc1. The lowest BCUT2D eigenvalue weighted by Gasteiger charge is -2.31. The van der Waals surface area contributed by atoms with Gasteiger partial charge in [0.05, 0.1) is 25.4 Å². The van der Waals surface area contributed by atoms with Crippen LogP contribution in [0.3, 0.4) is 0 Å². The molecule has 0 aliphatic carbocycles. The normalized spacial score (nSPS) is 19.8. The van der Waals surface area contributed by atoms with Crippen LogP contribution in [0, 0.1) is 5.92 Å². The number of carbonyl (C=O) groups is 2. The van der Waals surface area contributed by atoms with Crippen LogP contribution in [0.1, 0.15) is 36.4 Å². The average Bonchev–Trinajstić information content (AvgIpc) is 3.26. The number of primary amides is 1. The first-order valence-electron chi connectivity index (χ1n) is 10.7. The minimum Gasteiger partial charge on any atom is -0.497 e. The molecule has 1 fully saturated rings. The number of hydrogen-bond donors (Lipinski definition) is 1. The third-order valence-electron chi connectivity index (χ3n) is 6.12. The largest absolute Gasteiger partial charge is 0.497 e. The summed E-state index contributed by atoms with van der Waals surface area (Å²) in [5, 5.41) is 6.36. The number of benzene rings is 2.